The number of hydrogen-bond acceptors (Lipinski definition) is 3. The summed E-state index contributed by atoms with van der Waals surface area (Å²) >= 11 is 0. The van der Waals surface area contributed by atoms with Crippen LogP contribution in [0.5, 0.6) is 0 Å². The standard InChI is InChI=1S/C4H10O2.C2H6O/c1-4(5-2)6-3;1-3-2/h4H,1-3H3;1-2H3. The van der Waals surface area contributed by atoms with Crippen LogP contribution in [0.1, 0.15) is 6.92 Å². The molecule has 0 saturated heterocycles. The fourth-order valence-corrected chi connectivity index (χ4v) is 0.0962. The van der Waals surface area contributed by atoms with Crippen LogP contribution in [0.3, 0.4) is 0 Å². The molecule has 0 aromatic carbocycles. The normalized spacial score (nSPS) is 8.67. The molecule has 0 aromatic heterocycles. The first-order chi connectivity index (χ1) is 4.22. The van der Waals surface area contributed by atoms with Crippen molar-refractivity contribution in [3.05, 3.63) is 0 Å². The van der Waals surface area contributed by atoms with Gasteiger partial charge in [-0.2, -0.15) is 0 Å². The van der Waals surface area contributed by atoms with E-state index in [-0.39, 0.29) is 6.29 Å². The van der Waals surface area contributed by atoms with E-state index < -0.39 is 0 Å². The van der Waals surface area contributed by atoms with E-state index in [1.54, 1.807) is 28.4 Å². The van der Waals surface area contributed by atoms with Crippen molar-refractivity contribution in [2.75, 3.05) is 28.4 Å². The Morgan fingerprint density at radius 2 is 1.11 bits per heavy atom. The Hall–Kier alpha value is -0.120. The molecule has 9 heavy (non-hydrogen) atoms. The molecule has 0 aromatic rings. The highest BCUT2D eigenvalue weighted by atomic mass is 16.7. The summed E-state index contributed by atoms with van der Waals surface area (Å²) in [5, 5.41) is 0. The predicted molar refractivity (Wildman–Crippen MR) is 36.4 cm³/mol. The Kier molecular flexibility index (Phi) is 14.0. The van der Waals surface area contributed by atoms with E-state index in [0.29, 0.717) is 0 Å². The highest BCUT2D eigenvalue weighted by Gasteiger charge is 1.87. The summed E-state index contributed by atoms with van der Waals surface area (Å²) in [6, 6.07) is 0. The molecule has 0 aliphatic heterocycles. The molecule has 3 nitrogen and oxygen atoms in total. The minimum atomic E-state index is -0.0648. The number of hydrogen-bond donors (Lipinski definition) is 0. The first-order valence-corrected chi connectivity index (χ1v) is 2.68. The molecule has 0 unspecified atom stereocenters. The molecule has 3 heteroatoms. The Morgan fingerprint density at radius 3 is 1.11 bits per heavy atom. The van der Waals surface area contributed by atoms with Crippen LogP contribution in [-0.2, 0) is 14.2 Å². The highest BCUT2D eigenvalue weighted by molar-refractivity contribution is 4.17. The van der Waals surface area contributed by atoms with Gasteiger partial charge < -0.3 is 14.2 Å². The third-order valence-electron chi connectivity index (χ3n) is 0.664. The van der Waals surface area contributed by atoms with Crippen molar-refractivity contribution in [3.63, 3.8) is 0 Å². The van der Waals surface area contributed by atoms with Gasteiger partial charge in [0.1, 0.15) is 0 Å². The maximum Gasteiger partial charge on any atom is 0.154 e. The minimum absolute atomic E-state index is 0.0648. The maximum absolute atomic E-state index is 4.68. The topological polar surface area (TPSA) is 27.7 Å². The monoisotopic (exact) mass is 136 g/mol. The summed E-state index contributed by atoms with van der Waals surface area (Å²) in [6.07, 6.45) is -0.0648. The van der Waals surface area contributed by atoms with Crippen LogP contribution >= 0.6 is 0 Å². The number of ether oxygens (including phenoxy) is 3. The Balaban J connectivity index is 0. The first-order valence-electron chi connectivity index (χ1n) is 2.68. The average Bonchev–Trinajstić information content (AvgIpc) is 1.88. The van der Waals surface area contributed by atoms with Crippen molar-refractivity contribution < 1.29 is 14.2 Å². The molecule has 0 amide bonds. The van der Waals surface area contributed by atoms with Crippen LogP contribution in [0.4, 0.5) is 0 Å². The van der Waals surface area contributed by atoms with Crippen molar-refractivity contribution >= 4 is 0 Å². The van der Waals surface area contributed by atoms with Crippen LogP contribution < -0.4 is 0 Å². The quantitative estimate of drug-likeness (QED) is 0.527. The molecular formula is C6H16O3. The smallest absolute Gasteiger partial charge is 0.154 e. The molecule has 0 radical (unpaired) electrons. The van der Waals surface area contributed by atoms with E-state index >= 15 is 0 Å². The van der Waals surface area contributed by atoms with Crippen molar-refractivity contribution in [2.45, 2.75) is 13.2 Å². The molecule has 0 atom stereocenters. The molecule has 0 N–H and O–H groups in total. The van der Waals surface area contributed by atoms with Crippen LogP contribution in [0, 0.1) is 0 Å². The van der Waals surface area contributed by atoms with Gasteiger partial charge in [0.2, 0.25) is 0 Å². The zero-order valence-electron chi connectivity index (χ0n) is 6.80. The second-order valence-corrected chi connectivity index (χ2v) is 1.45. The van der Waals surface area contributed by atoms with E-state index in [4.69, 9.17) is 0 Å². The second-order valence-electron chi connectivity index (χ2n) is 1.45. The molecule has 0 saturated carbocycles. The largest absolute Gasteiger partial charge is 0.388 e. The van der Waals surface area contributed by atoms with Gasteiger partial charge in [0.25, 0.3) is 0 Å². The molecular weight excluding hydrogens is 120 g/mol. The third kappa shape index (κ3) is 18.1. The SMILES string of the molecule is COC.COC(C)OC. The van der Waals surface area contributed by atoms with Gasteiger partial charge in [0.05, 0.1) is 0 Å². The second kappa shape index (κ2) is 10.8. The molecule has 0 rings (SSSR count). The zero-order valence-corrected chi connectivity index (χ0v) is 6.80. The van der Waals surface area contributed by atoms with Gasteiger partial charge in [-0.15, -0.1) is 0 Å². The lowest BCUT2D eigenvalue weighted by atomic mass is 10.8. The lowest BCUT2D eigenvalue weighted by Gasteiger charge is -2.03. The first kappa shape index (κ1) is 11.6. The van der Waals surface area contributed by atoms with Gasteiger partial charge in [-0.25, -0.2) is 0 Å². The average molecular weight is 136 g/mol. The van der Waals surface area contributed by atoms with Gasteiger partial charge in [-0.1, -0.05) is 0 Å². The van der Waals surface area contributed by atoms with E-state index in [9.17, 15) is 0 Å². The molecule has 0 heterocycles. The molecule has 58 valence electrons. The third-order valence-corrected chi connectivity index (χ3v) is 0.664. The van der Waals surface area contributed by atoms with Gasteiger partial charge in [0.15, 0.2) is 6.29 Å². The van der Waals surface area contributed by atoms with Crippen LogP contribution in [0.25, 0.3) is 0 Å². The number of rotatable bonds is 2. The van der Waals surface area contributed by atoms with Crippen LogP contribution in [-0.4, -0.2) is 34.7 Å². The van der Waals surface area contributed by atoms with Crippen LogP contribution in [0.2, 0.25) is 0 Å². The molecule has 0 aliphatic rings. The summed E-state index contributed by atoms with van der Waals surface area (Å²) in [4.78, 5) is 0. The lowest BCUT2D eigenvalue weighted by Crippen LogP contribution is -2.05. The molecule has 0 fully saturated rings. The molecule has 0 bridgehead atoms. The summed E-state index contributed by atoms with van der Waals surface area (Å²) in [5.41, 5.74) is 0. The Morgan fingerprint density at radius 1 is 0.889 bits per heavy atom. The van der Waals surface area contributed by atoms with Gasteiger partial charge >= 0.3 is 0 Å². The number of methoxy groups -OCH3 is 3. The fourth-order valence-electron chi connectivity index (χ4n) is 0.0962. The van der Waals surface area contributed by atoms with Crippen molar-refractivity contribution in [3.8, 4) is 0 Å². The minimum Gasteiger partial charge on any atom is -0.388 e. The van der Waals surface area contributed by atoms with E-state index in [1.807, 2.05) is 6.92 Å². The van der Waals surface area contributed by atoms with Gasteiger partial charge in [-0.3, -0.25) is 0 Å². The van der Waals surface area contributed by atoms with Crippen molar-refractivity contribution in [1.82, 2.24) is 0 Å². The van der Waals surface area contributed by atoms with Crippen molar-refractivity contribution in [2.24, 2.45) is 0 Å². The summed E-state index contributed by atoms with van der Waals surface area (Å²) in [6.45, 7) is 1.83. The van der Waals surface area contributed by atoms with Gasteiger partial charge in [0, 0.05) is 28.4 Å². The van der Waals surface area contributed by atoms with E-state index in [2.05, 4.69) is 14.2 Å². The van der Waals surface area contributed by atoms with E-state index in [0.717, 1.165) is 0 Å². The fraction of sp³-hybridized carbons (Fsp3) is 1.00. The predicted octanol–water partition coefficient (Wildman–Crippen LogP) is 0.888. The van der Waals surface area contributed by atoms with Gasteiger partial charge in [-0.05, 0) is 6.92 Å². The van der Waals surface area contributed by atoms with Crippen molar-refractivity contribution in [1.29, 1.82) is 0 Å². The van der Waals surface area contributed by atoms with Crippen LogP contribution in [0.15, 0.2) is 0 Å². The summed E-state index contributed by atoms with van der Waals surface area (Å²) in [5.74, 6) is 0. The Bertz CT molecular complexity index is 35.3. The zero-order chi connectivity index (χ0) is 7.70. The molecule has 0 spiro atoms. The van der Waals surface area contributed by atoms with E-state index in [1.165, 1.54) is 0 Å². The highest BCUT2D eigenvalue weighted by Crippen LogP contribution is 1.82. The molecule has 0 aliphatic carbocycles. The summed E-state index contributed by atoms with van der Waals surface area (Å²) < 4.78 is 13.6. The summed E-state index contributed by atoms with van der Waals surface area (Å²) in [7, 11) is 6.46. The Labute approximate surface area is 56.9 Å². The lowest BCUT2D eigenvalue weighted by molar-refractivity contribution is -0.0877. The maximum atomic E-state index is 4.68.